The third kappa shape index (κ3) is 2.71. The van der Waals surface area contributed by atoms with E-state index in [1.165, 1.54) is 6.08 Å². The molecular formula is C6H5IN2O2. The number of H-pyrrole nitrogens is 1. The molecule has 0 spiro atoms. The molecule has 1 N–H and O–H groups in total. The molecule has 0 atom stereocenters. The van der Waals surface area contributed by atoms with Gasteiger partial charge in [0.1, 0.15) is 0 Å². The second-order valence-electron chi connectivity index (χ2n) is 1.86. The predicted octanol–water partition coefficient (Wildman–Crippen LogP) is 1.87. The summed E-state index contributed by atoms with van der Waals surface area (Å²) in [5.41, 5.74) is 0.742. The molecule has 0 aliphatic rings. The molecule has 0 radical (unpaired) electrons. The molecule has 4 nitrogen and oxygen atoms in total. The van der Waals surface area contributed by atoms with Crippen LogP contribution in [-0.4, -0.2) is 9.91 Å². The Labute approximate surface area is 76.6 Å². The first-order valence-electron chi connectivity index (χ1n) is 2.85. The molecule has 0 aromatic carbocycles. The van der Waals surface area contributed by atoms with E-state index in [0.717, 1.165) is 15.6 Å². The summed E-state index contributed by atoms with van der Waals surface area (Å²) in [6.45, 7) is 0. The van der Waals surface area contributed by atoms with E-state index in [2.05, 4.69) is 27.6 Å². The average molecular weight is 264 g/mol. The first-order valence-corrected chi connectivity index (χ1v) is 3.92. The van der Waals surface area contributed by atoms with Gasteiger partial charge in [0.15, 0.2) is 0 Å². The highest BCUT2D eigenvalue weighted by Crippen LogP contribution is 2.05. The molecule has 58 valence electrons. The van der Waals surface area contributed by atoms with E-state index in [1.54, 1.807) is 6.07 Å². The van der Waals surface area contributed by atoms with Crippen molar-refractivity contribution in [3.63, 3.8) is 0 Å². The van der Waals surface area contributed by atoms with Crippen molar-refractivity contribution in [2.75, 3.05) is 0 Å². The van der Waals surface area contributed by atoms with E-state index in [1.807, 2.05) is 6.07 Å². The van der Waals surface area contributed by atoms with Gasteiger partial charge in [-0.1, -0.05) is 0 Å². The van der Waals surface area contributed by atoms with Gasteiger partial charge in [0.05, 0.1) is 8.62 Å². The molecule has 0 fully saturated rings. The molecule has 0 aliphatic heterocycles. The zero-order chi connectivity index (χ0) is 8.27. The number of aromatic nitrogens is 1. The number of nitrogens with one attached hydrogen (secondary N) is 1. The largest absolute Gasteiger partial charge is 0.350 e. The fourth-order valence-corrected chi connectivity index (χ4v) is 1.11. The fraction of sp³-hybridized carbons (Fsp3) is 0. The number of halogens is 1. The van der Waals surface area contributed by atoms with E-state index in [0.29, 0.717) is 0 Å². The van der Waals surface area contributed by atoms with E-state index in [9.17, 15) is 10.1 Å². The predicted molar refractivity (Wildman–Crippen MR) is 49.5 cm³/mol. The Kier molecular flexibility index (Phi) is 2.64. The minimum absolute atomic E-state index is 0.492. The van der Waals surface area contributed by atoms with E-state index < -0.39 is 4.92 Å². The minimum atomic E-state index is -0.492. The average Bonchev–Trinajstić information content (AvgIpc) is 2.31. The van der Waals surface area contributed by atoms with Crippen LogP contribution in [0.3, 0.4) is 0 Å². The first kappa shape index (κ1) is 8.25. The highest BCUT2D eigenvalue weighted by atomic mass is 127. The van der Waals surface area contributed by atoms with Crippen LogP contribution < -0.4 is 0 Å². The standard InChI is InChI=1S/C6H5IN2O2/c7-6-2-1-5(8-6)3-4-9(10)11/h1-4,8H. The molecule has 0 saturated carbocycles. The third-order valence-electron chi connectivity index (χ3n) is 1.05. The summed E-state index contributed by atoms with van der Waals surface area (Å²) in [4.78, 5) is 12.3. The van der Waals surface area contributed by atoms with Crippen LogP contribution in [0.1, 0.15) is 5.69 Å². The Hall–Kier alpha value is -0.850. The van der Waals surface area contributed by atoms with Gasteiger partial charge in [-0.25, -0.2) is 0 Å². The van der Waals surface area contributed by atoms with E-state index in [-0.39, 0.29) is 0 Å². The highest BCUT2D eigenvalue weighted by Gasteiger charge is 1.92. The molecule has 5 heteroatoms. The van der Waals surface area contributed by atoms with Crippen LogP contribution in [0, 0.1) is 13.8 Å². The van der Waals surface area contributed by atoms with Crippen molar-refractivity contribution in [2.24, 2.45) is 0 Å². The van der Waals surface area contributed by atoms with Crippen LogP contribution in [0.2, 0.25) is 0 Å². The maximum absolute atomic E-state index is 9.88. The summed E-state index contributed by atoms with van der Waals surface area (Å²) in [7, 11) is 0. The van der Waals surface area contributed by atoms with Gasteiger partial charge in [0, 0.05) is 11.8 Å². The Bertz CT molecular complexity index is 293. The van der Waals surface area contributed by atoms with Gasteiger partial charge >= 0.3 is 0 Å². The normalized spacial score (nSPS) is 10.6. The molecule has 0 aliphatic carbocycles. The van der Waals surface area contributed by atoms with Crippen molar-refractivity contribution in [2.45, 2.75) is 0 Å². The van der Waals surface area contributed by atoms with Crippen molar-refractivity contribution in [3.05, 3.63) is 37.8 Å². The summed E-state index contributed by atoms with van der Waals surface area (Å²) in [6.07, 6.45) is 2.32. The quantitative estimate of drug-likeness (QED) is 0.503. The number of rotatable bonds is 2. The molecule has 11 heavy (non-hydrogen) atoms. The molecule has 1 aromatic heterocycles. The fourth-order valence-electron chi connectivity index (χ4n) is 0.623. The summed E-state index contributed by atoms with van der Waals surface area (Å²) >= 11 is 2.10. The highest BCUT2D eigenvalue weighted by molar-refractivity contribution is 14.1. The van der Waals surface area contributed by atoms with Crippen LogP contribution in [-0.2, 0) is 0 Å². The lowest BCUT2D eigenvalue weighted by Crippen LogP contribution is -1.82. The van der Waals surface area contributed by atoms with Crippen molar-refractivity contribution in [1.29, 1.82) is 0 Å². The molecule has 0 saturated heterocycles. The Balaban J connectivity index is 2.71. The summed E-state index contributed by atoms with van der Waals surface area (Å²) in [5.74, 6) is 0. The lowest BCUT2D eigenvalue weighted by atomic mass is 10.4. The monoisotopic (exact) mass is 264 g/mol. The lowest BCUT2D eigenvalue weighted by Gasteiger charge is -1.81. The smallest absolute Gasteiger partial charge is 0.236 e. The maximum atomic E-state index is 9.88. The van der Waals surface area contributed by atoms with Crippen LogP contribution in [0.4, 0.5) is 0 Å². The van der Waals surface area contributed by atoms with Gasteiger partial charge in [0.2, 0.25) is 6.20 Å². The van der Waals surface area contributed by atoms with Gasteiger partial charge in [-0.3, -0.25) is 10.1 Å². The molecular weight excluding hydrogens is 259 g/mol. The van der Waals surface area contributed by atoms with Crippen LogP contribution in [0.15, 0.2) is 18.3 Å². The minimum Gasteiger partial charge on any atom is -0.350 e. The molecule has 0 unspecified atom stereocenters. The van der Waals surface area contributed by atoms with Gasteiger partial charge in [-0.05, 0) is 34.7 Å². The first-order chi connectivity index (χ1) is 5.18. The molecule has 1 rings (SSSR count). The lowest BCUT2D eigenvalue weighted by molar-refractivity contribution is -0.401. The van der Waals surface area contributed by atoms with Crippen LogP contribution in [0.5, 0.6) is 0 Å². The van der Waals surface area contributed by atoms with E-state index >= 15 is 0 Å². The van der Waals surface area contributed by atoms with Crippen molar-refractivity contribution >= 4 is 28.7 Å². The number of hydrogen-bond acceptors (Lipinski definition) is 2. The SMILES string of the molecule is O=[N+]([O-])C=Cc1ccc(I)[nH]1. The summed E-state index contributed by atoms with van der Waals surface area (Å²) in [6, 6.07) is 3.63. The van der Waals surface area contributed by atoms with Crippen LogP contribution in [0.25, 0.3) is 6.08 Å². The van der Waals surface area contributed by atoms with Gasteiger partial charge in [-0.15, -0.1) is 0 Å². The van der Waals surface area contributed by atoms with Crippen LogP contribution >= 0.6 is 22.6 Å². The number of nitrogens with zero attached hydrogens (tertiary/aromatic N) is 1. The zero-order valence-corrected chi connectivity index (χ0v) is 7.61. The molecule has 1 aromatic rings. The van der Waals surface area contributed by atoms with Gasteiger partial charge in [0.25, 0.3) is 0 Å². The van der Waals surface area contributed by atoms with Crippen molar-refractivity contribution in [3.8, 4) is 0 Å². The molecule has 1 heterocycles. The molecule has 0 bridgehead atoms. The second kappa shape index (κ2) is 3.51. The third-order valence-corrected chi connectivity index (χ3v) is 1.68. The summed E-state index contributed by atoms with van der Waals surface area (Å²) in [5, 5.41) is 9.88. The topological polar surface area (TPSA) is 58.9 Å². The Morgan fingerprint density at radius 3 is 2.82 bits per heavy atom. The number of hydrogen-bond donors (Lipinski definition) is 1. The number of nitro groups is 1. The summed E-state index contributed by atoms with van der Waals surface area (Å²) < 4.78 is 0.964. The number of aromatic amines is 1. The second-order valence-corrected chi connectivity index (χ2v) is 3.02. The van der Waals surface area contributed by atoms with Gasteiger partial charge in [-0.2, -0.15) is 0 Å². The molecule has 0 amide bonds. The van der Waals surface area contributed by atoms with Crippen molar-refractivity contribution in [1.82, 2.24) is 4.98 Å². The van der Waals surface area contributed by atoms with E-state index in [4.69, 9.17) is 0 Å². The maximum Gasteiger partial charge on any atom is 0.236 e. The zero-order valence-electron chi connectivity index (χ0n) is 5.45. The van der Waals surface area contributed by atoms with Crippen molar-refractivity contribution < 1.29 is 4.92 Å². The Morgan fingerprint density at radius 2 is 2.36 bits per heavy atom. The van der Waals surface area contributed by atoms with Gasteiger partial charge < -0.3 is 4.98 Å². The Morgan fingerprint density at radius 1 is 1.64 bits per heavy atom.